The van der Waals surface area contributed by atoms with E-state index >= 15 is 0 Å². The zero-order valence-corrected chi connectivity index (χ0v) is 11.3. The second-order valence-corrected chi connectivity index (χ2v) is 5.25. The van der Waals surface area contributed by atoms with Crippen molar-refractivity contribution in [2.45, 2.75) is 19.4 Å². The van der Waals surface area contributed by atoms with Gasteiger partial charge in [0.15, 0.2) is 11.6 Å². The number of halogens is 2. The van der Waals surface area contributed by atoms with Crippen molar-refractivity contribution in [3.63, 3.8) is 0 Å². The molecule has 0 aliphatic carbocycles. The zero-order chi connectivity index (χ0) is 14.7. The van der Waals surface area contributed by atoms with Gasteiger partial charge in [0.1, 0.15) is 0 Å². The van der Waals surface area contributed by atoms with Crippen LogP contribution in [0.4, 0.5) is 14.5 Å². The fraction of sp³-hybridized carbons (Fsp3) is 0.500. The second kappa shape index (κ2) is 6.28. The molecule has 20 heavy (non-hydrogen) atoms. The first-order valence-corrected chi connectivity index (χ1v) is 6.61. The molecule has 1 saturated heterocycles. The zero-order valence-electron chi connectivity index (χ0n) is 11.3. The van der Waals surface area contributed by atoms with Gasteiger partial charge in [-0.25, -0.2) is 8.78 Å². The summed E-state index contributed by atoms with van der Waals surface area (Å²) in [5, 5.41) is 12.3. The number of hydrogen-bond donors (Lipinski definition) is 2. The van der Waals surface area contributed by atoms with Gasteiger partial charge in [0.25, 0.3) is 0 Å². The molecule has 0 aromatic heterocycles. The molecule has 1 fully saturated rings. The van der Waals surface area contributed by atoms with Gasteiger partial charge >= 0.3 is 0 Å². The van der Waals surface area contributed by atoms with E-state index < -0.39 is 17.7 Å². The number of hydrogen-bond acceptors (Lipinski definition) is 3. The van der Waals surface area contributed by atoms with Gasteiger partial charge in [-0.3, -0.25) is 9.69 Å². The SMILES string of the molecule is CC1CCN(CC(=O)Nc2ccc(F)c(F)c2)CC1O. The standard InChI is InChI=1S/C14H18F2N2O2/c1-9-4-5-18(7-13(9)19)8-14(20)17-10-2-3-11(15)12(16)6-10/h2-3,6,9,13,19H,4-5,7-8H2,1H3,(H,17,20). The number of amides is 1. The molecule has 1 heterocycles. The normalized spacial score (nSPS) is 23.6. The number of carbonyl (C=O) groups is 1. The summed E-state index contributed by atoms with van der Waals surface area (Å²) < 4.78 is 25.8. The number of likely N-dealkylation sites (tertiary alicyclic amines) is 1. The molecule has 110 valence electrons. The minimum atomic E-state index is -0.995. The average Bonchev–Trinajstić information content (AvgIpc) is 2.38. The van der Waals surface area contributed by atoms with Gasteiger partial charge in [-0.1, -0.05) is 6.92 Å². The topological polar surface area (TPSA) is 52.6 Å². The van der Waals surface area contributed by atoms with Crippen LogP contribution < -0.4 is 5.32 Å². The summed E-state index contributed by atoms with van der Waals surface area (Å²) in [6.07, 6.45) is 0.402. The van der Waals surface area contributed by atoms with Gasteiger partial charge in [0.2, 0.25) is 5.91 Å². The van der Waals surface area contributed by atoms with Crippen molar-refractivity contribution >= 4 is 11.6 Å². The number of piperidine rings is 1. The third-order valence-electron chi connectivity index (χ3n) is 3.57. The third-order valence-corrected chi connectivity index (χ3v) is 3.57. The Hall–Kier alpha value is -1.53. The second-order valence-electron chi connectivity index (χ2n) is 5.25. The van der Waals surface area contributed by atoms with Crippen LogP contribution in [0.1, 0.15) is 13.3 Å². The monoisotopic (exact) mass is 284 g/mol. The Labute approximate surface area is 116 Å². The number of anilines is 1. The molecular weight excluding hydrogens is 266 g/mol. The van der Waals surface area contributed by atoms with Crippen LogP contribution in [0.3, 0.4) is 0 Å². The van der Waals surface area contributed by atoms with Crippen molar-refractivity contribution in [3.05, 3.63) is 29.8 Å². The van der Waals surface area contributed by atoms with Crippen LogP contribution in [0, 0.1) is 17.6 Å². The number of aliphatic hydroxyl groups excluding tert-OH is 1. The lowest BCUT2D eigenvalue weighted by Crippen LogP contribution is -2.45. The summed E-state index contributed by atoms with van der Waals surface area (Å²) in [4.78, 5) is 13.7. The van der Waals surface area contributed by atoms with Crippen molar-refractivity contribution in [3.8, 4) is 0 Å². The molecule has 2 N–H and O–H groups in total. The van der Waals surface area contributed by atoms with Crippen molar-refractivity contribution in [1.82, 2.24) is 4.90 Å². The summed E-state index contributed by atoms with van der Waals surface area (Å²) in [6.45, 7) is 3.29. The molecule has 2 atom stereocenters. The first-order valence-electron chi connectivity index (χ1n) is 6.61. The van der Waals surface area contributed by atoms with Gasteiger partial charge in [-0.05, 0) is 31.0 Å². The number of nitrogens with zero attached hydrogens (tertiary/aromatic N) is 1. The Morgan fingerprint density at radius 2 is 2.20 bits per heavy atom. The van der Waals surface area contributed by atoms with Gasteiger partial charge in [0.05, 0.1) is 12.6 Å². The highest BCUT2D eigenvalue weighted by molar-refractivity contribution is 5.92. The number of aliphatic hydroxyl groups is 1. The van der Waals surface area contributed by atoms with E-state index in [4.69, 9.17) is 0 Å². The van der Waals surface area contributed by atoms with E-state index in [0.717, 1.165) is 25.1 Å². The van der Waals surface area contributed by atoms with Gasteiger partial charge < -0.3 is 10.4 Å². The summed E-state index contributed by atoms with van der Waals surface area (Å²) in [5.74, 6) is -2.01. The highest BCUT2D eigenvalue weighted by Gasteiger charge is 2.25. The Bertz CT molecular complexity index is 496. The number of β-amino-alcohol motifs (C(OH)–C–C–N with tert-alkyl or cyclic N) is 1. The van der Waals surface area contributed by atoms with E-state index in [1.54, 1.807) is 0 Å². The molecule has 0 radical (unpaired) electrons. The average molecular weight is 284 g/mol. The maximum atomic E-state index is 13.0. The van der Waals surface area contributed by atoms with Gasteiger partial charge in [0, 0.05) is 18.3 Å². The quantitative estimate of drug-likeness (QED) is 0.886. The minimum absolute atomic E-state index is 0.128. The maximum Gasteiger partial charge on any atom is 0.238 e. The van der Waals surface area contributed by atoms with Crippen molar-refractivity contribution in [2.75, 3.05) is 25.0 Å². The van der Waals surface area contributed by atoms with Crippen LogP contribution in [0.15, 0.2) is 18.2 Å². The maximum absolute atomic E-state index is 13.0. The molecular formula is C14H18F2N2O2. The fourth-order valence-corrected chi connectivity index (χ4v) is 2.24. The minimum Gasteiger partial charge on any atom is -0.392 e. The first-order chi connectivity index (χ1) is 9.45. The fourth-order valence-electron chi connectivity index (χ4n) is 2.24. The highest BCUT2D eigenvalue weighted by atomic mass is 19.2. The number of benzene rings is 1. The lowest BCUT2D eigenvalue weighted by molar-refractivity contribution is -0.118. The van der Waals surface area contributed by atoms with Crippen LogP contribution in [0.5, 0.6) is 0 Å². The lowest BCUT2D eigenvalue weighted by atomic mass is 9.96. The largest absolute Gasteiger partial charge is 0.392 e. The summed E-state index contributed by atoms with van der Waals surface area (Å²) >= 11 is 0. The van der Waals surface area contributed by atoms with E-state index in [1.165, 1.54) is 6.07 Å². The first kappa shape index (κ1) is 14.9. The van der Waals surface area contributed by atoms with Gasteiger partial charge in [-0.2, -0.15) is 0 Å². The van der Waals surface area contributed by atoms with Gasteiger partial charge in [-0.15, -0.1) is 0 Å². The predicted molar refractivity (Wildman–Crippen MR) is 71.2 cm³/mol. The van der Waals surface area contributed by atoms with Crippen LogP contribution in [0.2, 0.25) is 0 Å². The molecule has 2 unspecified atom stereocenters. The molecule has 0 saturated carbocycles. The van der Waals surface area contributed by atoms with E-state index in [9.17, 15) is 18.7 Å². The lowest BCUT2D eigenvalue weighted by Gasteiger charge is -2.33. The van der Waals surface area contributed by atoms with E-state index in [2.05, 4.69) is 5.32 Å². The Kier molecular flexibility index (Phi) is 4.67. The molecule has 0 spiro atoms. The van der Waals surface area contributed by atoms with Crippen molar-refractivity contribution in [1.29, 1.82) is 0 Å². The van der Waals surface area contributed by atoms with Crippen LogP contribution in [-0.4, -0.2) is 41.7 Å². The smallest absolute Gasteiger partial charge is 0.238 e. The summed E-state index contributed by atoms with van der Waals surface area (Å²) in [5.41, 5.74) is 0.222. The molecule has 1 aliphatic rings. The molecule has 0 bridgehead atoms. The molecule has 1 aliphatic heterocycles. The van der Waals surface area contributed by atoms with Crippen LogP contribution in [0.25, 0.3) is 0 Å². The van der Waals surface area contributed by atoms with E-state index in [-0.39, 0.29) is 24.1 Å². The summed E-state index contributed by atoms with van der Waals surface area (Å²) in [6, 6.07) is 3.22. The Morgan fingerprint density at radius 3 is 2.85 bits per heavy atom. The molecule has 4 nitrogen and oxygen atoms in total. The van der Waals surface area contributed by atoms with Crippen LogP contribution >= 0.6 is 0 Å². The number of rotatable bonds is 3. The molecule has 1 aromatic rings. The molecule has 2 rings (SSSR count). The van der Waals surface area contributed by atoms with Crippen molar-refractivity contribution < 1.29 is 18.7 Å². The molecule has 1 amide bonds. The molecule has 6 heteroatoms. The van der Waals surface area contributed by atoms with Crippen LogP contribution in [-0.2, 0) is 4.79 Å². The summed E-state index contributed by atoms with van der Waals surface area (Å²) in [7, 11) is 0. The van der Waals surface area contributed by atoms with Crippen molar-refractivity contribution in [2.24, 2.45) is 5.92 Å². The number of nitrogens with one attached hydrogen (secondary N) is 1. The van der Waals surface area contributed by atoms with E-state index in [0.29, 0.717) is 6.54 Å². The number of carbonyl (C=O) groups excluding carboxylic acids is 1. The predicted octanol–water partition coefficient (Wildman–Crippen LogP) is 1.61. The Balaban J connectivity index is 1.87. The third kappa shape index (κ3) is 3.74. The highest BCUT2D eigenvalue weighted by Crippen LogP contribution is 2.17. The Morgan fingerprint density at radius 1 is 1.45 bits per heavy atom. The molecule has 1 aromatic carbocycles. The van der Waals surface area contributed by atoms with E-state index in [1.807, 2.05) is 11.8 Å².